The number of rotatable bonds is 4. The predicted octanol–water partition coefficient (Wildman–Crippen LogP) is 5.02. The van der Waals surface area contributed by atoms with Crippen LogP contribution in [0.25, 0.3) is 10.8 Å². The van der Waals surface area contributed by atoms with Gasteiger partial charge >= 0.3 is 6.09 Å². The third kappa shape index (κ3) is 5.13. The molecule has 0 bridgehead atoms. The topological polar surface area (TPSA) is 38.3 Å². The lowest BCUT2D eigenvalue weighted by atomic mass is 9.94. The fourth-order valence-electron chi connectivity index (χ4n) is 2.48. The number of allylic oxidation sites excluding steroid dienone is 1. The Morgan fingerprint density at radius 3 is 2.61 bits per heavy atom. The third-order valence-corrected chi connectivity index (χ3v) is 3.50. The first-order chi connectivity index (χ1) is 10.9. The fourth-order valence-corrected chi connectivity index (χ4v) is 2.48. The van der Waals surface area contributed by atoms with Crippen molar-refractivity contribution in [1.29, 1.82) is 0 Å². The van der Waals surface area contributed by atoms with Crippen molar-refractivity contribution in [2.75, 3.05) is 6.54 Å². The molecule has 0 saturated heterocycles. The van der Waals surface area contributed by atoms with Crippen LogP contribution in [-0.4, -0.2) is 18.2 Å². The number of hydrogen-bond donors (Lipinski definition) is 1. The van der Waals surface area contributed by atoms with E-state index in [-0.39, 0.29) is 12.0 Å². The molecule has 0 radical (unpaired) electrons. The van der Waals surface area contributed by atoms with Crippen LogP contribution in [0.2, 0.25) is 0 Å². The molecule has 23 heavy (non-hydrogen) atoms. The van der Waals surface area contributed by atoms with Gasteiger partial charge in [-0.15, -0.1) is 0 Å². The molecule has 0 unspecified atom stereocenters. The van der Waals surface area contributed by atoms with Crippen molar-refractivity contribution in [1.82, 2.24) is 5.32 Å². The smallest absolute Gasteiger partial charge is 0.407 e. The molecule has 2 rings (SSSR count). The lowest BCUT2D eigenvalue weighted by molar-refractivity contribution is 0.0534. The molecule has 3 nitrogen and oxygen atoms in total. The number of amides is 1. The zero-order valence-electron chi connectivity index (χ0n) is 14.3. The summed E-state index contributed by atoms with van der Waals surface area (Å²) in [6, 6.07) is 14.7. The molecule has 122 valence electrons. The van der Waals surface area contributed by atoms with Gasteiger partial charge in [0.05, 0.1) is 0 Å². The highest BCUT2D eigenvalue weighted by molar-refractivity contribution is 5.86. The summed E-state index contributed by atoms with van der Waals surface area (Å²) in [4.78, 5) is 11.6. The number of carbonyl (C=O) groups is 1. The second-order valence-electron chi connectivity index (χ2n) is 6.67. The number of fused-ring (bicyclic) bond motifs is 1. The van der Waals surface area contributed by atoms with Crippen LogP contribution in [0.3, 0.4) is 0 Å². The molecule has 0 aromatic heterocycles. The summed E-state index contributed by atoms with van der Waals surface area (Å²) in [5, 5.41) is 5.25. The summed E-state index contributed by atoms with van der Waals surface area (Å²) in [5.74, 6) is 0.279. The normalized spacial score (nSPS) is 13.2. The van der Waals surface area contributed by atoms with E-state index in [1.54, 1.807) is 0 Å². The molecule has 3 heteroatoms. The Kier molecular flexibility index (Phi) is 5.43. The lowest BCUT2D eigenvalue weighted by Crippen LogP contribution is -2.32. The highest BCUT2D eigenvalue weighted by Crippen LogP contribution is 2.26. The minimum atomic E-state index is -0.468. The van der Waals surface area contributed by atoms with Crippen molar-refractivity contribution in [2.45, 2.75) is 39.2 Å². The van der Waals surface area contributed by atoms with Gasteiger partial charge in [0.15, 0.2) is 0 Å². The van der Waals surface area contributed by atoms with Crippen LogP contribution in [0.1, 0.15) is 39.2 Å². The summed E-state index contributed by atoms with van der Waals surface area (Å²) >= 11 is 0. The highest BCUT2D eigenvalue weighted by Gasteiger charge is 2.15. The van der Waals surface area contributed by atoms with Crippen LogP contribution < -0.4 is 5.32 Å². The average Bonchev–Trinajstić information content (AvgIpc) is 2.49. The van der Waals surface area contributed by atoms with Crippen LogP contribution >= 0.6 is 0 Å². The van der Waals surface area contributed by atoms with Crippen molar-refractivity contribution in [3.8, 4) is 0 Å². The molecular formula is C20H25NO2. The summed E-state index contributed by atoms with van der Waals surface area (Å²) in [7, 11) is 0. The van der Waals surface area contributed by atoms with E-state index in [4.69, 9.17) is 4.74 Å². The second-order valence-corrected chi connectivity index (χ2v) is 6.67. The number of alkyl carbamates (subject to hydrolysis) is 1. The third-order valence-electron chi connectivity index (χ3n) is 3.50. The second kappa shape index (κ2) is 7.32. The van der Waals surface area contributed by atoms with Crippen molar-refractivity contribution < 1.29 is 9.53 Å². The zero-order chi connectivity index (χ0) is 16.9. The predicted molar refractivity (Wildman–Crippen MR) is 95.7 cm³/mol. The number of hydrogen-bond acceptors (Lipinski definition) is 2. The van der Waals surface area contributed by atoms with Crippen LogP contribution in [0, 0.1) is 0 Å². The first kappa shape index (κ1) is 17.1. The van der Waals surface area contributed by atoms with Gasteiger partial charge in [-0.3, -0.25) is 0 Å². The molecule has 0 spiro atoms. The van der Waals surface area contributed by atoms with Crippen LogP contribution in [0.5, 0.6) is 0 Å². The Balaban J connectivity index is 1.96. The first-order valence-corrected chi connectivity index (χ1v) is 7.98. The molecule has 0 aliphatic heterocycles. The molecule has 1 atom stereocenters. The van der Waals surface area contributed by atoms with E-state index in [0.717, 1.165) is 0 Å². The summed E-state index contributed by atoms with van der Waals surface area (Å²) in [6.45, 7) is 8.18. The van der Waals surface area contributed by atoms with Gasteiger partial charge in [-0.05, 0) is 43.0 Å². The summed E-state index contributed by atoms with van der Waals surface area (Å²) in [6.07, 6.45) is 3.69. The number of ether oxygens (including phenoxy) is 1. The van der Waals surface area contributed by atoms with Crippen LogP contribution in [0.4, 0.5) is 4.79 Å². The van der Waals surface area contributed by atoms with Gasteiger partial charge in [0.2, 0.25) is 0 Å². The van der Waals surface area contributed by atoms with Gasteiger partial charge in [0.25, 0.3) is 0 Å². The van der Waals surface area contributed by atoms with Crippen LogP contribution in [-0.2, 0) is 4.74 Å². The van der Waals surface area contributed by atoms with Crippen molar-refractivity contribution >= 4 is 16.9 Å². The molecule has 0 heterocycles. The van der Waals surface area contributed by atoms with E-state index in [0.29, 0.717) is 6.54 Å². The Hall–Kier alpha value is -2.29. The first-order valence-electron chi connectivity index (χ1n) is 7.98. The molecule has 0 aliphatic rings. The monoisotopic (exact) mass is 311 g/mol. The summed E-state index contributed by atoms with van der Waals surface area (Å²) in [5.41, 5.74) is 0.820. The largest absolute Gasteiger partial charge is 0.444 e. The van der Waals surface area contributed by atoms with E-state index < -0.39 is 5.60 Å². The van der Waals surface area contributed by atoms with Crippen molar-refractivity contribution in [2.24, 2.45) is 0 Å². The Morgan fingerprint density at radius 2 is 1.87 bits per heavy atom. The molecule has 1 amide bonds. The van der Waals surface area contributed by atoms with Gasteiger partial charge in [-0.25, -0.2) is 4.79 Å². The zero-order valence-corrected chi connectivity index (χ0v) is 14.3. The van der Waals surface area contributed by atoms with Gasteiger partial charge in [0, 0.05) is 6.54 Å². The van der Waals surface area contributed by atoms with E-state index in [1.807, 2.05) is 26.8 Å². The van der Waals surface area contributed by atoms with E-state index in [9.17, 15) is 4.79 Å². The molecule has 0 saturated carbocycles. The highest BCUT2D eigenvalue weighted by atomic mass is 16.6. The Bertz CT molecular complexity index is 693. The minimum absolute atomic E-state index is 0.279. The molecule has 2 aromatic rings. The van der Waals surface area contributed by atoms with Crippen molar-refractivity contribution in [3.63, 3.8) is 0 Å². The number of nitrogens with one attached hydrogen (secondary N) is 1. The van der Waals surface area contributed by atoms with Gasteiger partial charge in [-0.2, -0.15) is 0 Å². The van der Waals surface area contributed by atoms with Gasteiger partial charge in [-0.1, -0.05) is 61.5 Å². The minimum Gasteiger partial charge on any atom is -0.444 e. The average molecular weight is 311 g/mol. The summed E-state index contributed by atoms with van der Waals surface area (Å²) < 4.78 is 5.20. The lowest BCUT2D eigenvalue weighted by Gasteiger charge is -2.19. The fraction of sp³-hybridized carbons (Fsp3) is 0.350. The van der Waals surface area contributed by atoms with E-state index in [2.05, 4.69) is 60.8 Å². The number of carbonyl (C=O) groups excluding carboxylic acids is 1. The standard InChI is InChI=1S/C20H25NO2/c1-15(9-8-14-21-19(22)23-20(2,3)4)17-13-7-11-16-10-5-6-12-18(16)17/h5-13,15H,14H2,1-4H3,(H,21,22)/t15-/m1/s1. The van der Waals surface area contributed by atoms with E-state index in [1.165, 1.54) is 16.3 Å². The van der Waals surface area contributed by atoms with Crippen molar-refractivity contribution in [3.05, 3.63) is 60.2 Å². The molecule has 2 aromatic carbocycles. The van der Waals surface area contributed by atoms with Gasteiger partial charge < -0.3 is 10.1 Å². The Morgan fingerprint density at radius 1 is 1.17 bits per heavy atom. The quantitative estimate of drug-likeness (QED) is 0.805. The maximum absolute atomic E-state index is 11.6. The number of benzene rings is 2. The van der Waals surface area contributed by atoms with E-state index >= 15 is 0 Å². The van der Waals surface area contributed by atoms with Crippen LogP contribution in [0.15, 0.2) is 54.6 Å². The Labute approximate surface area is 138 Å². The van der Waals surface area contributed by atoms with Gasteiger partial charge in [0.1, 0.15) is 5.60 Å². The maximum atomic E-state index is 11.6. The SMILES string of the molecule is C[C@H](C=CCNC(=O)OC(C)(C)C)c1cccc2ccccc12. The maximum Gasteiger partial charge on any atom is 0.407 e. The molecule has 1 N–H and O–H groups in total. The molecule has 0 fully saturated rings. The molecule has 0 aliphatic carbocycles. The molecular weight excluding hydrogens is 286 g/mol.